The second-order valence-corrected chi connectivity index (χ2v) is 8.31. The molecule has 0 radical (unpaired) electrons. The van der Waals surface area contributed by atoms with Crippen molar-refractivity contribution in [1.82, 2.24) is 4.90 Å². The Kier molecular flexibility index (Phi) is 5.79. The second-order valence-electron chi connectivity index (χ2n) is 7.88. The fourth-order valence-corrected chi connectivity index (χ4v) is 4.19. The van der Waals surface area contributed by atoms with Gasteiger partial charge in [-0.1, -0.05) is 48.0 Å². The van der Waals surface area contributed by atoms with E-state index < -0.39 is 0 Å². The topological polar surface area (TPSA) is 15.7 Å². The summed E-state index contributed by atoms with van der Waals surface area (Å²) in [7, 11) is 6.23. The number of hydrogen-bond acceptors (Lipinski definition) is 3. The molecule has 150 valence electrons. The van der Waals surface area contributed by atoms with Crippen molar-refractivity contribution in [3.8, 4) is 5.75 Å². The molecule has 4 heteroatoms. The normalized spacial score (nSPS) is 15.2. The molecule has 0 amide bonds. The number of ether oxygens (including phenoxy) is 1. The molecule has 4 rings (SSSR count). The van der Waals surface area contributed by atoms with Gasteiger partial charge in [-0.15, -0.1) is 0 Å². The first kappa shape index (κ1) is 19.8. The van der Waals surface area contributed by atoms with Crippen LogP contribution in [0.5, 0.6) is 5.75 Å². The zero-order valence-electron chi connectivity index (χ0n) is 17.2. The molecule has 1 aliphatic heterocycles. The molecule has 0 bridgehead atoms. The summed E-state index contributed by atoms with van der Waals surface area (Å²) < 4.78 is 6.04. The van der Waals surface area contributed by atoms with Gasteiger partial charge < -0.3 is 14.5 Å². The molecule has 3 aromatic rings. The minimum Gasteiger partial charge on any atom is -0.492 e. The van der Waals surface area contributed by atoms with Gasteiger partial charge in [-0.25, -0.2) is 0 Å². The first-order valence-electron chi connectivity index (χ1n) is 10.0. The van der Waals surface area contributed by atoms with Crippen LogP contribution in [0.15, 0.2) is 66.7 Å². The highest BCUT2D eigenvalue weighted by atomic mass is 35.5. The SMILES string of the molecule is CN(C)CCOc1ccc2c(c1)C(Cc1ccccc1)c1ccc(Cl)cc1N2C. The lowest BCUT2D eigenvalue weighted by atomic mass is 9.81. The summed E-state index contributed by atoms with van der Waals surface area (Å²) in [6, 6.07) is 23.4. The van der Waals surface area contributed by atoms with E-state index in [1.807, 2.05) is 6.07 Å². The maximum atomic E-state index is 6.33. The van der Waals surface area contributed by atoms with Gasteiger partial charge in [0.2, 0.25) is 0 Å². The molecule has 0 aromatic heterocycles. The van der Waals surface area contributed by atoms with Crippen LogP contribution < -0.4 is 9.64 Å². The Morgan fingerprint density at radius 3 is 2.48 bits per heavy atom. The van der Waals surface area contributed by atoms with Gasteiger partial charge in [-0.2, -0.15) is 0 Å². The highest BCUT2D eigenvalue weighted by Crippen LogP contribution is 2.47. The van der Waals surface area contributed by atoms with Gasteiger partial charge in [0.25, 0.3) is 0 Å². The largest absolute Gasteiger partial charge is 0.492 e. The van der Waals surface area contributed by atoms with E-state index in [9.17, 15) is 0 Å². The molecular weight excluding hydrogens is 380 g/mol. The summed E-state index contributed by atoms with van der Waals surface area (Å²) in [5.74, 6) is 1.18. The Bertz CT molecular complexity index is 987. The molecule has 0 spiro atoms. The number of halogens is 1. The monoisotopic (exact) mass is 406 g/mol. The molecule has 0 N–H and O–H groups in total. The fraction of sp³-hybridized carbons (Fsp3) is 0.280. The Labute approximate surface area is 178 Å². The van der Waals surface area contributed by atoms with Crippen molar-refractivity contribution < 1.29 is 4.74 Å². The van der Waals surface area contributed by atoms with Crippen LogP contribution in [0, 0.1) is 0 Å². The van der Waals surface area contributed by atoms with Gasteiger partial charge in [0.15, 0.2) is 0 Å². The van der Waals surface area contributed by atoms with Crippen molar-refractivity contribution in [3.05, 3.63) is 88.4 Å². The lowest BCUT2D eigenvalue weighted by Gasteiger charge is -2.36. The summed E-state index contributed by atoms with van der Waals surface area (Å²) in [4.78, 5) is 4.37. The number of anilines is 2. The zero-order chi connectivity index (χ0) is 20.4. The minimum absolute atomic E-state index is 0.258. The van der Waals surface area contributed by atoms with Gasteiger partial charge in [-0.3, -0.25) is 0 Å². The average Bonchev–Trinajstić information content (AvgIpc) is 2.71. The number of fused-ring (bicyclic) bond motifs is 2. The van der Waals surface area contributed by atoms with E-state index >= 15 is 0 Å². The van der Waals surface area contributed by atoms with Gasteiger partial charge in [-0.05, 0) is 67.5 Å². The van der Waals surface area contributed by atoms with Gasteiger partial charge in [0, 0.05) is 35.9 Å². The maximum absolute atomic E-state index is 6.33. The van der Waals surface area contributed by atoms with Crippen LogP contribution in [0.4, 0.5) is 11.4 Å². The van der Waals surface area contributed by atoms with E-state index in [1.54, 1.807) is 0 Å². The van der Waals surface area contributed by atoms with Crippen molar-refractivity contribution in [2.75, 3.05) is 39.2 Å². The fourth-order valence-electron chi connectivity index (χ4n) is 4.02. The molecule has 0 aliphatic carbocycles. The number of hydrogen-bond donors (Lipinski definition) is 0. The third-order valence-corrected chi connectivity index (χ3v) is 5.79. The molecule has 0 saturated heterocycles. The summed E-state index contributed by atoms with van der Waals surface area (Å²) in [6.45, 7) is 1.57. The number of nitrogens with zero attached hydrogens (tertiary/aromatic N) is 2. The molecule has 1 atom stereocenters. The predicted octanol–water partition coefficient (Wildman–Crippen LogP) is 5.74. The number of rotatable bonds is 6. The van der Waals surface area contributed by atoms with Crippen LogP contribution in [0.3, 0.4) is 0 Å². The Balaban J connectivity index is 1.74. The van der Waals surface area contributed by atoms with Crippen molar-refractivity contribution in [2.45, 2.75) is 12.3 Å². The minimum atomic E-state index is 0.258. The lowest BCUT2D eigenvalue weighted by molar-refractivity contribution is 0.261. The van der Waals surface area contributed by atoms with Crippen molar-refractivity contribution in [2.24, 2.45) is 0 Å². The van der Waals surface area contributed by atoms with E-state index in [4.69, 9.17) is 16.3 Å². The van der Waals surface area contributed by atoms with E-state index in [0.717, 1.165) is 23.7 Å². The van der Waals surface area contributed by atoms with Gasteiger partial charge >= 0.3 is 0 Å². The second kappa shape index (κ2) is 8.48. The zero-order valence-corrected chi connectivity index (χ0v) is 18.0. The number of likely N-dealkylation sites (N-methyl/N-ethyl adjacent to an activating group) is 1. The van der Waals surface area contributed by atoms with Crippen LogP contribution in [0.2, 0.25) is 5.02 Å². The molecule has 1 heterocycles. The summed E-state index contributed by atoms with van der Waals surface area (Å²) >= 11 is 6.33. The quantitative estimate of drug-likeness (QED) is 0.519. The molecule has 0 saturated carbocycles. The van der Waals surface area contributed by atoms with E-state index in [1.165, 1.54) is 28.1 Å². The van der Waals surface area contributed by atoms with E-state index in [2.05, 4.69) is 91.6 Å². The van der Waals surface area contributed by atoms with Gasteiger partial charge in [0.1, 0.15) is 12.4 Å². The lowest BCUT2D eigenvalue weighted by Crippen LogP contribution is -2.23. The summed E-state index contributed by atoms with van der Waals surface area (Å²) in [5.41, 5.74) is 6.31. The molecule has 1 unspecified atom stereocenters. The maximum Gasteiger partial charge on any atom is 0.119 e. The van der Waals surface area contributed by atoms with Crippen LogP contribution in [-0.4, -0.2) is 39.2 Å². The highest BCUT2D eigenvalue weighted by molar-refractivity contribution is 6.31. The van der Waals surface area contributed by atoms with Crippen LogP contribution >= 0.6 is 11.6 Å². The van der Waals surface area contributed by atoms with Gasteiger partial charge in [0.05, 0.1) is 0 Å². The molecule has 29 heavy (non-hydrogen) atoms. The standard InChI is InChI=1S/C25H27ClN2O/c1-27(2)13-14-29-20-10-12-24-23(17-20)22(15-18-7-5-4-6-8-18)21-11-9-19(26)16-25(21)28(24)3/h4-12,16-17,22H,13-15H2,1-3H3. The van der Waals surface area contributed by atoms with Crippen molar-refractivity contribution >= 4 is 23.0 Å². The first-order chi connectivity index (χ1) is 14.0. The molecular formula is C25H27ClN2O. The van der Waals surface area contributed by atoms with Crippen LogP contribution in [-0.2, 0) is 6.42 Å². The Morgan fingerprint density at radius 1 is 0.931 bits per heavy atom. The van der Waals surface area contributed by atoms with Crippen LogP contribution in [0.1, 0.15) is 22.6 Å². The Hall–Kier alpha value is -2.49. The molecule has 3 nitrogen and oxygen atoms in total. The highest BCUT2D eigenvalue weighted by Gasteiger charge is 2.29. The first-order valence-corrected chi connectivity index (χ1v) is 10.4. The van der Waals surface area contributed by atoms with Crippen molar-refractivity contribution in [1.29, 1.82) is 0 Å². The third-order valence-electron chi connectivity index (χ3n) is 5.55. The van der Waals surface area contributed by atoms with Crippen LogP contribution in [0.25, 0.3) is 0 Å². The summed E-state index contributed by atoms with van der Waals surface area (Å²) in [5, 5.41) is 0.765. The molecule has 3 aromatic carbocycles. The molecule has 1 aliphatic rings. The molecule has 0 fully saturated rings. The summed E-state index contributed by atoms with van der Waals surface area (Å²) in [6.07, 6.45) is 0.942. The third kappa shape index (κ3) is 4.26. The smallest absolute Gasteiger partial charge is 0.119 e. The Morgan fingerprint density at radius 2 is 1.72 bits per heavy atom. The van der Waals surface area contributed by atoms with E-state index in [-0.39, 0.29) is 5.92 Å². The van der Waals surface area contributed by atoms with Crippen molar-refractivity contribution in [3.63, 3.8) is 0 Å². The predicted molar refractivity (Wildman–Crippen MR) is 122 cm³/mol. The average molecular weight is 407 g/mol. The van der Waals surface area contributed by atoms with E-state index in [0.29, 0.717) is 6.61 Å². The number of benzene rings is 3.